The molecule has 1 heterocycles. The number of ether oxygens (including phenoxy) is 2. The van der Waals surface area contributed by atoms with Gasteiger partial charge in [0, 0.05) is 18.6 Å². The Morgan fingerprint density at radius 3 is 3.00 bits per heavy atom. The minimum absolute atomic E-state index is 0.0191. The molecule has 0 bridgehead atoms. The highest BCUT2D eigenvalue weighted by Crippen LogP contribution is 2.49. The van der Waals surface area contributed by atoms with Gasteiger partial charge in [0.2, 0.25) is 0 Å². The molecular formula is C14H24O2. The summed E-state index contributed by atoms with van der Waals surface area (Å²) in [5.74, 6) is 0.582. The summed E-state index contributed by atoms with van der Waals surface area (Å²) in [7, 11) is 0. The van der Waals surface area contributed by atoms with E-state index in [-0.39, 0.29) is 11.7 Å². The Labute approximate surface area is 99.0 Å². The SMILES string of the molecule is CCOC1OCCCC12CCC(C)=CC2C. The molecule has 2 nitrogen and oxygen atoms in total. The lowest BCUT2D eigenvalue weighted by molar-refractivity contribution is -0.243. The van der Waals surface area contributed by atoms with E-state index in [9.17, 15) is 0 Å². The number of hydrogen-bond donors (Lipinski definition) is 0. The van der Waals surface area contributed by atoms with Crippen molar-refractivity contribution < 1.29 is 9.47 Å². The van der Waals surface area contributed by atoms with Crippen molar-refractivity contribution in [3.63, 3.8) is 0 Å². The minimum Gasteiger partial charge on any atom is -0.352 e. The summed E-state index contributed by atoms with van der Waals surface area (Å²) in [4.78, 5) is 0. The minimum atomic E-state index is 0.0191. The molecule has 3 atom stereocenters. The fraction of sp³-hybridized carbons (Fsp3) is 0.857. The summed E-state index contributed by atoms with van der Waals surface area (Å²) in [5.41, 5.74) is 1.77. The average molecular weight is 224 g/mol. The first-order valence-electron chi connectivity index (χ1n) is 6.59. The molecule has 1 fully saturated rings. The Hall–Kier alpha value is -0.340. The second-order valence-corrected chi connectivity index (χ2v) is 5.30. The van der Waals surface area contributed by atoms with Gasteiger partial charge in [0.25, 0.3) is 0 Å². The van der Waals surface area contributed by atoms with E-state index in [4.69, 9.17) is 9.47 Å². The van der Waals surface area contributed by atoms with Crippen LogP contribution >= 0.6 is 0 Å². The third-order valence-electron chi connectivity index (χ3n) is 4.27. The topological polar surface area (TPSA) is 18.5 Å². The normalized spacial score (nSPS) is 39.8. The molecule has 92 valence electrons. The fourth-order valence-corrected chi connectivity index (χ4v) is 3.26. The zero-order valence-electron chi connectivity index (χ0n) is 10.8. The monoisotopic (exact) mass is 224 g/mol. The van der Waals surface area contributed by atoms with Crippen molar-refractivity contribution in [1.29, 1.82) is 0 Å². The van der Waals surface area contributed by atoms with Crippen LogP contribution in [0.5, 0.6) is 0 Å². The van der Waals surface area contributed by atoms with Gasteiger partial charge in [-0.2, -0.15) is 0 Å². The van der Waals surface area contributed by atoms with E-state index in [2.05, 4.69) is 26.8 Å². The highest BCUT2D eigenvalue weighted by atomic mass is 16.7. The van der Waals surface area contributed by atoms with Crippen LogP contribution in [0.1, 0.15) is 46.5 Å². The van der Waals surface area contributed by atoms with E-state index in [1.165, 1.54) is 31.3 Å². The molecule has 1 saturated heterocycles. The molecule has 1 aliphatic heterocycles. The van der Waals surface area contributed by atoms with Crippen molar-refractivity contribution in [1.82, 2.24) is 0 Å². The molecule has 0 amide bonds. The van der Waals surface area contributed by atoms with Crippen LogP contribution in [0.3, 0.4) is 0 Å². The summed E-state index contributed by atoms with van der Waals surface area (Å²) in [6.07, 6.45) is 7.30. The highest BCUT2D eigenvalue weighted by molar-refractivity contribution is 5.12. The predicted molar refractivity (Wildman–Crippen MR) is 65.2 cm³/mol. The van der Waals surface area contributed by atoms with Gasteiger partial charge < -0.3 is 9.47 Å². The quantitative estimate of drug-likeness (QED) is 0.668. The Morgan fingerprint density at radius 1 is 1.50 bits per heavy atom. The van der Waals surface area contributed by atoms with Crippen LogP contribution in [0, 0.1) is 11.3 Å². The lowest BCUT2D eigenvalue weighted by Gasteiger charge is -2.48. The van der Waals surface area contributed by atoms with Crippen molar-refractivity contribution in [2.24, 2.45) is 11.3 Å². The van der Waals surface area contributed by atoms with Crippen LogP contribution in [0.2, 0.25) is 0 Å². The predicted octanol–water partition coefficient (Wildman–Crippen LogP) is 3.52. The largest absolute Gasteiger partial charge is 0.352 e. The Bertz CT molecular complexity index is 270. The van der Waals surface area contributed by atoms with Crippen LogP contribution < -0.4 is 0 Å². The van der Waals surface area contributed by atoms with E-state index in [1.54, 1.807) is 0 Å². The van der Waals surface area contributed by atoms with Gasteiger partial charge in [-0.15, -0.1) is 0 Å². The number of hydrogen-bond acceptors (Lipinski definition) is 2. The Balaban J connectivity index is 2.19. The van der Waals surface area contributed by atoms with Gasteiger partial charge in [-0.1, -0.05) is 18.6 Å². The molecule has 0 N–H and O–H groups in total. The lowest BCUT2D eigenvalue weighted by Crippen LogP contribution is -2.48. The van der Waals surface area contributed by atoms with Gasteiger partial charge >= 0.3 is 0 Å². The molecule has 2 heteroatoms. The Morgan fingerprint density at radius 2 is 2.31 bits per heavy atom. The summed E-state index contributed by atoms with van der Waals surface area (Å²) < 4.78 is 11.7. The van der Waals surface area contributed by atoms with Crippen molar-refractivity contribution in [2.45, 2.75) is 52.7 Å². The number of allylic oxidation sites excluding steroid dienone is 2. The van der Waals surface area contributed by atoms with Crippen LogP contribution in [-0.4, -0.2) is 19.5 Å². The molecule has 2 rings (SSSR count). The summed E-state index contributed by atoms with van der Waals surface area (Å²) in [6.45, 7) is 8.23. The third kappa shape index (κ3) is 2.05. The molecule has 1 spiro atoms. The summed E-state index contributed by atoms with van der Waals surface area (Å²) in [6, 6.07) is 0. The molecule has 2 aliphatic rings. The maximum Gasteiger partial charge on any atom is 0.163 e. The molecule has 0 saturated carbocycles. The van der Waals surface area contributed by atoms with Crippen molar-refractivity contribution >= 4 is 0 Å². The van der Waals surface area contributed by atoms with Crippen molar-refractivity contribution in [2.75, 3.05) is 13.2 Å². The van der Waals surface area contributed by atoms with Crippen LogP contribution in [0.25, 0.3) is 0 Å². The molecule has 1 aliphatic carbocycles. The summed E-state index contributed by atoms with van der Waals surface area (Å²) >= 11 is 0. The van der Waals surface area contributed by atoms with Crippen LogP contribution in [-0.2, 0) is 9.47 Å². The molecule has 0 aromatic carbocycles. The molecule has 0 aromatic rings. The first-order chi connectivity index (χ1) is 7.69. The van der Waals surface area contributed by atoms with E-state index >= 15 is 0 Å². The van der Waals surface area contributed by atoms with Crippen LogP contribution in [0.15, 0.2) is 11.6 Å². The second kappa shape index (κ2) is 4.89. The average Bonchev–Trinajstić information content (AvgIpc) is 2.27. The highest BCUT2D eigenvalue weighted by Gasteiger charge is 2.46. The van der Waals surface area contributed by atoms with Gasteiger partial charge in [-0.05, 0) is 45.4 Å². The molecule has 0 aromatic heterocycles. The van der Waals surface area contributed by atoms with Gasteiger partial charge in [-0.25, -0.2) is 0 Å². The zero-order chi connectivity index (χ0) is 11.6. The van der Waals surface area contributed by atoms with Gasteiger partial charge in [-0.3, -0.25) is 0 Å². The molecule has 3 unspecified atom stereocenters. The van der Waals surface area contributed by atoms with Gasteiger partial charge in [0.15, 0.2) is 6.29 Å². The van der Waals surface area contributed by atoms with E-state index in [0.29, 0.717) is 5.92 Å². The lowest BCUT2D eigenvalue weighted by atomic mass is 9.64. The molecular weight excluding hydrogens is 200 g/mol. The molecule has 16 heavy (non-hydrogen) atoms. The first kappa shape index (κ1) is 12.1. The maximum absolute atomic E-state index is 5.87. The summed E-state index contributed by atoms with van der Waals surface area (Å²) in [5, 5.41) is 0. The first-order valence-corrected chi connectivity index (χ1v) is 6.59. The third-order valence-corrected chi connectivity index (χ3v) is 4.27. The smallest absolute Gasteiger partial charge is 0.163 e. The van der Waals surface area contributed by atoms with Gasteiger partial charge in [0.05, 0.1) is 0 Å². The van der Waals surface area contributed by atoms with E-state index < -0.39 is 0 Å². The van der Waals surface area contributed by atoms with E-state index in [0.717, 1.165) is 13.2 Å². The second-order valence-electron chi connectivity index (χ2n) is 5.30. The fourth-order valence-electron chi connectivity index (χ4n) is 3.26. The van der Waals surface area contributed by atoms with Crippen molar-refractivity contribution in [3.05, 3.63) is 11.6 Å². The van der Waals surface area contributed by atoms with Gasteiger partial charge in [0.1, 0.15) is 0 Å². The molecule has 0 radical (unpaired) electrons. The van der Waals surface area contributed by atoms with Crippen molar-refractivity contribution in [3.8, 4) is 0 Å². The maximum atomic E-state index is 5.87. The zero-order valence-corrected chi connectivity index (χ0v) is 10.8. The van der Waals surface area contributed by atoms with Crippen LogP contribution in [0.4, 0.5) is 0 Å². The number of rotatable bonds is 2. The van der Waals surface area contributed by atoms with E-state index in [1.807, 2.05) is 0 Å². The Kier molecular flexibility index (Phi) is 3.70. The standard InChI is InChI=1S/C14H24O2/c1-4-15-13-14(7-5-9-16-13)8-6-11(2)10-12(14)3/h10,12-13H,4-9H2,1-3H3.